The molecule has 14 heavy (non-hydrogen) atoms. The van der Waals surface area contributed by atoms with E-state index >= 15 is 0 Å². The van der Waals surface area contributed by atoms with Gasteiger partial charge in [-0.2, -0.15) is 5.26 Å². The van der Waals surface area contributed by atoms with E-state index in [0.717, 1.165) is 6.26 Å². The molecule has 0 aliphatic carbocycles. The van der Waals surface area contributed by atoms with E-state index in [1.807, 2.05) is 0 Å². The molecule has 0 saturated carbocycles. The highest BCUT2D eigenvalue weighted by molar-refractivity contribution is 6.09. The van der Waals surface area contributed by atoms with Crippen LogP contribution in [0.2, 0.25) is 0 Å². The number of ether oxygens (including phenoxy) is 1. The molecule has 1 rings (SSSR count). The van der Waals surface area contributed by atoms with Crippen LogP contribution in [-0.2, 0) is 4.74 Å². The molecule has 1 aromatic rings. The Morgan fingerprint density at radius 2 is 2.57 bits per heavy atom. The van der Waals surface area contributed by atoms with E-state index in [0.29, 0.717) is 6.61 Å². The summed E-state index contributed by atoms with van der Waals surface area (Å²) in [5.41, 5.74) is -0.0678. The molecule has 0 amide bonds. The summed E-state index contributed by atoms with van der Waals surface area (Å²) in [5.74, 6) is -0.330. The first-order valence-corrected chi connectivity index (χ1v) is 4.09. The first-order chi connectivity index (χ1) is 6.79. The zero-order valence-corrected chi connectivity index (χ0v) is 7.69. The van der Waals surface area contributed by atoms with E-state index in [1.165, 1.54) is 12.3 Å². The average Bonchev–Trinajstić information content (AvgIpc) is 2.71. The normalized spacial score (nSPS) is 10.7. The number of furan rings is 1. The lowest BCUT2D eigenvalue weighted by Gasteiger charge is -1.95. The number of nitriles is 1. The summed E-state index contributed by atoms with van der Waals surface area (Å²) >= 11 is 0. The smallest absolute Gasteiger partial charge is 0.241 e. The van der Waals surface area contributed by atoms with Gasteiger partial charge in [0, 0.05) is 0 Å². The predicted octanol–water partition coefficient (Wildman–Crippen LogP) is 1.91. The number of carbonyl (C=O) groups is 1. The molecular weight excluding hydrogens is 182 g/mol. The molecule has 0 aliphatic rings. The summed E-state index contributed by atoms with van der Waals surface area (Å²) in [6, 6.07) is 4.84. The van der Waals surface area contributed by atoms with Crippen LogP contribution in [0.15, 0.2) is 34.6 Å². The zero-order valence-electron chi connectivity index (χ0n) is 7.69. The van der Waals surface area contributed by atoms with Crippen molar-refractivity contribution in [3.8, 4) is 6.07 Å². The molecule has 0 bridgehead atoms. The lowest BCUT2D eigenvalue weighted by atomic mass is 10.2. The molecule has 4 nitrogen and oxygen atoms in total. The number of carbonyl (C=O) groups excluding carboxylic acids is 1. The van der Waals surface area contributed by atoms with Gasteiger partial charge in [0.1, 0.15) is 17.9 Å². The second-order valence-corrected chi connectivity index (χ2v) is 2.41. The van der Waals surface area contributed by atoms with Gasteiger partial charge in [-0.05, 0) is 19.1 Å². The fraction of sp³-hybridized carbons (Fsp3) is 0.200. The number of Topliss-reactive ketones (excluding diaryl/α,β-unsaturated/α-hetero) is 1. The molecule has 4 heteroatoms. The van der Waals surface area contributed by atoms with Crippen molar-refractivity contribution in [2.24, 2.45) is 0 Å². The lowest BCUT2D eigenvalue weighted by molar-refractivity contribution is 0.100. The van der Waals surface area contributed by atoms with E-state index in [4.69, 9.17) is 14.4 Å². The van der Waals surface area contributed by atoms with Gasteiger partial charge in [0.05, 0.1) is 12.9 Å². The second-order valence-electron chi connectivity index (χ2n) is 2.41. The second kappa shape index (κ2) is 4.87. The maximum atomic E-state index is 11.5. The van der Waals surface area contributed by atoms with Crippen molar-refractivity contribution in [3.05, 3.63) is 36.0 Å². The Labute approximate surface area is 81.4 Å². The van der Waals surface area contributed by atoms with Crippen LogP contribution in [0.3, 0.4) is 0 Å². The monoisotopic (exact) mass is 191 g/mol. The average molecular weight is 191 g/mol. The van der Waals surface area contributed by atoms with E-state index in [2.05, 4.69) is 0 Å². The summed E-state index contributed by atoms with van der Waals surface area (Å²) in [7, 11) is 0. The van der Waals surface area contributed by atoms with Gasteiger partial charge in [0.15, 0.2) is 5.76 Å². The fourth-order valence-corrected chi connectivity index (χ4v) is 0.838. The molecule has 0 radical (unpaired) electrons. The Hall–Kier alpha value is -2.02. The number of hydrogen-bond donors (Lipinski definition) is 0. The van der Waals surface area contributed by atoms with Gasteiger partial charge < -0.3 is 9.15 Å². The van der Waals surface area contributed by atoms with Crippen LogP contribution in [0, 0.1) is 11.3 Å². The first kappa shape index (κ1) is 10.1. The minimum atomic E-state index is -0.467. The fourth-order valence-electron chi connectivity index (χ4n) is 0.838. The van der Waals surface area contributed by atoms with Gasteiger partial charge in [0.25, 0.3) is 0 Å². The van der Waals surface area contributed by atoms with Gasteiger partial charge in [-0.15, -0.1) is 0 Å². The molecule has 0 spiro atoms. The van der Waals surface area contributed by atoms with Gasteiger partial charge in [0.2, 0.25) is 5.78 Å². The van der Waals surface area contributed by atoms with Crippen LogP contribution < -0.4 is 0 Å². The van der Waals surface area contributed by atoms with E-state index in [1.54, 1.807) is 19.1 Å². The standard InChI is InChI=1S/C10H9NO3/c1-2-13-7-8(6-11)10(12)9-4-3-5-14-9/h3-5,7H,2H2,1H3/b8-7-. The van der Waals surface area contributed by atoms with E-state index < -0.39 is 5.78 Å². The van der Waals surface area contributed by atoms with Crippen molar-refractivity contribution < 1.29 is 13.9 Å². The number of hydrogen-bond acceptors (Lipinski definition) is 4. The predicted molar refractivity (Wildman–Crippen MR) is 48.4 cm³/mol. The molecule has 1 aromatic heterocycles. The minimum absolute atomic E-state index is 0.0678. The summed E-state index contributed by atoms with van der Waals surface area (Å²) in [6.45, 7) is 2.18. The van der Waals surface area contributed by atoms with Crippen molar-refractivity contribution >= 4 is 5.78 Å². The van der Waals surface area contributed by atoms with E-state index in [9.17, 15) is 4.79 Å². The van der Waals surface area contributed by atoms with Gasteiger partial charge >= 0.3 is 0 Å². The molecule has 1 heterocycles. The van der Waals surface area contributed by atoms with Crippen LogP contribution in [0.25, 0.3) is 0 Å². The highest BCUT2D eigenvalue weighted by atomic mass is 16.5. The summed E-state index contributed by atoms with van der Waals surface area (Å²) in [4.78, 5) is 11.5. The molecule has 0 atom stereocenters. The first-order valence-electron chi connectivity index (χ1n) is 4.09. The maximum absolute atomic E-state index is 11.5. The summed E-state index contributed by atoms with van der Waals surface area (Å²) in [5, 5.41) is 8.66. The van der Waals surface area contributed by atoms with Crippen LogP contribution >= 0.6 is 0 Å². The molecule has 0 unspecified atom stereocenters. The van der Waals surface area contributed by atoms with Gasteiger partial charge in [-0.25, -0.2) is 0 Å². The van der Waals surface area contributed by atoms with Crippen LogP contribution in [-0.4, -0.2) is 12.4 Å². The molecule has 72 valence electrons. The van der Waals surface area contributed by atoms with Crippen LogP contribution in [0.4, 0.5) is 0 Å². The maximum Gasteiger partial charge on any atom is 0.241 e. The number of rotatable bonds is 4. The third-order valence-electron chi connectivity index (χ3n) is 1.48. The Morgan fingerprint density at radius 3 is 3.07 bits per heavy atom. The third kappa shape index (κ3) is 2.23. The summed E-state index contributed by atoms with van der Waals surface area (Å²) in [6.07, 6.45) is 2.52. The number of ketones is 1. The molecule has 0 N–H and O–H groups in total. The van der Waals surface area contributed by atoms with Crippen molar-refractivity contribution in [2.75, 3.05) is 6.61 Å². The topological polar surface area (TPSA) is 63.2 Å². The van der Waals surface area contributed by atoms with Crippen LogP contribution in [0.5, 0.6) is 0 Å². The van der Waals surface area contributed by atoms with Crippen molar-refractivity contribution in [1.29, 1.82) is 5.26 Å². The molecular formula is C10H9NO3. The minimum Gasteiger partial charge on any atom is -0.500 e. The molecule has 0 fully saturated rings. The largest absolute Gasteiger partial charge is 0.500 e. The SMILES string of the molecule is CCO/C=C(/C#N)C(=O)c1ccco1. The van der Waals surface area contributed by atoms with E-state index in [-0.39, 0.29) is 11.3 Å². The summed E-state index contributed by atoms with van der Waals surface area (Å²) < 4.78 is 9.72. The van der Waals surface area contributed by atoms with Crippen molar-refractivity contribution in [3.63, 3.8) is 0 Å². The highest BCUT2D eigenvalue weighted by Crippen LogP contribution is 2.08. The quantitative estimate of drug-likeness (QED) is 0.315. The van der Waals surface area contributed by atoms with Gasteiger partial charge in [-0.3, -0.25) is 4.79 Å². The van der Waals surface area contributed by atoms with Gasteiger partial charge in [-0.1, -0.05) is 0 Å². The third-order valence-corrected chi connectivity index (χ3v) is 1.48. The Bertz CT molecular complexity index is 371. The van der Waals surface area contributed by atoms with Crippen molar-refractivity contribution in [2.45, 2.75) is 6.92 Å². The zero-order chi connectivity index (χ0) is 10.4. The molecule has 0 aromatic carbocycles. The number of nitrogens with zero attached hydrogens (tertiary/aromatic N) is 1. The Balaban J connectivity index is 2.83. The Morgan fingerprint density at radius 1 is 1.79 bits per heavy atom. The Kier molecular flexibility index (Phi) is 3.50. The van der Waals surface area contributed by atoms with Crippen molar-refractivity contribution in [1.82, 2.24) is 0 Å². The highest BCUT2D eigenvalue weighted by Gasteiger charge is 2.14. The lowest BCUT2D eigenvalue weighted by Crippen LogP contribution is -2.01. The van der Waals surface area contributed by atoms with Crippen LogP contribution in [0.1, 0.15) is 17.5 Å². The number of allylic oxidation sites excluding steroid dienone is 1. The molecule has 0 saturated heterocycles. The molecule has 0 aliphatic heterocycles.